The quantitative estimate of drug-likeness (QED) is 0.106. The molecule has 2 aliphatic heterocycles. The second kappa shape index (κ2) is 16.4. The Hall–Kier alpha value is -2.53. The molecule has 2 aliphatic rings. The van der Waals surface area contributed by atoms with Gasteiger partial charge in [-0.15, -0.1) is 0 Å². The molecular weight excluding hydrogens is 544 g/mol. The lowest BCUT2D eigenvalue weighted by Gasteiger charge is -2.32. The second-order valence-electron chi connectivity index (χ2n) is 12.0. The Morgan fingerprint density at radius 2 is 1.93 bits per heavy atom. The normalized spacial score (nSPS) is 33.9. The van der Waals surface area contributed by atoms with Gasteiger partial charge in [0.2, 0.25) is 0 Å². The van der Waals surface area contributed by atoms with Gasteiger partial charge in [-0.3, -0.25) is 9.59 Å². The van der Waals surface area contributed by atoms with Crippen molar-refractivity contribution in [2.45, 2.75) is 123 Å². The van der Waals surface area contributed by atoms with Crippen molar-refractivity contribution >= 4 is 17.9 Å². The number of cyclic esters (lactones) is 1. The van der Waals surface area contributed by atoms with E-state index in [4.69, 9.17) is 24.1 Å². The maximum absolute atomic E-state index is 12.6. The van der Waals surface area contributed by atoms with Crippen LogP contribution in [-0.4, -0.2) is 82.1 Å². The van der Waals surface area contributed by atoms with Gasteiger partial charge < -0.3 is 34.3 Å². The fraction of sp³-hybridized carbons (Fsp3) is 0.719. The number of rotatable bonds is 11. The first-order valence-electron chi connectivity index (χ1n) is 14.9. The average molecular weight is 595 g/mol. The summed E-state index contributed by atoms with van der Waals surface area (Å²) in [5, 5.41) is 30.3. The molecule has 0 aliphatic carbocycles. The van der Waals surface area contributed by atoms with Crippen LogP contribution in [0.1, 0.15) is 80.6 Å². The maximum Gasteiger partial charge on any atom is 0.332 e. The Bertz CT molecular complexity index is 999. The van der Waals surface area contributed by atoms with E-state index in [9.17, 15) is 24.6 Å². The molecule has 0 saturated carbocycles. The second-order valence-corrected chi connectivity index (χ2v) is 12.0. The van der Waals surface area contributed by atoms with Crippen molar-refractivity contribution in [1.82, 2.24) is 0 Å². The molecule has 238 valence electrons. The minimum absolute atomic E-state index is 0.00946. The molecule has 0 aromatic rings. The highest BCUT2D eigenvalue weighted by molar-refractivity contribution is 5.71. The summed E-state index contributed by atoms with van der Waals surface area (Å²) in [4.78, 5) is 35.8. The molecule has 0 spiro atoms. The van der Waals surface area contributed by atoms with E-state index in [-0.39, 0.29) is 55.3 Å². The van der Waals surface area contributed by atoms with Crippen LogP contribution < -0.4 is 0 Å². The van der Waals surface area contributed by atoms with Crippen LogP contribution in [0.25, 0.3) is 0 Å². The number of hydrogen-bond donors (Lipinski definition) is 3. The van der Waals surface area contributed by atoms with Crippen molar-refractivity contribution in [3.8, 4) is 0 Å². The topological polar surface area (TPSA) is 152 Å². The Labute approximate surface area is 249 Å². The first kappa shape index (κ1) is 35.7. The highest BCUT2D eigenvalue weighted by atomic mass is 16.6. The molecule has 3 N–H and O–H groups in total. The van der Waals surface area contributed by atoms with Gasteiger partial charge in [-0.2, -0.15) is 0 Å². The van der Waals surface area contributed by atoms with Crippen LogP contribution in [-0.2, 0) is 33.3 Å². The van der Waals surface area contributed by atoms with Gasteiger partial charge in [0.15, 0.2) is 0 Å². The zero-order valence-corrected chi connectivity index (χ0v) is 26.0. The summed E-state index contributed by atoms with van der Waals surface area (Å²) in [6.07, 6.45) is 7.91. The van der Waals surface area contributed by atoms with Crippen LogP contribution >= 0.6 is 0 Å². The molecule has 0 bridgehead atoms. The minimum atomic E-state index is -1.42. The predicted octanol–water partition coefficient (Wildman–Crippen LogP) is 3.56. The van der Waals surface area contributed by atoms with Gasteiger partial charge >= 0.3 is 17.9 Å². The molecule has 10 unspecified atom stereocenters. The summed E-state index contributed by atoms with van der Waals surface area (Å²) >= 11 is 0. The van der Waals surface area contributed by atoms with Crippen LogP contribution in [0.5, 0.6) is 0 Å². The first-order chi connectivity index (χ1) is 19.7. The minimum Gasteiger partial charge on any atom is -0.460 e. The summed E-state index contributed by atoms with van der Waals surface area (Å²) in [6, 6.07) is 0. The molecule has 2 heterocycles. The molecule has 10 heteroatoms. The fourth-order valence-corrected chi connectivity index (χ4v) is 5.36. The Morgan fingerprint density at radius 3 is 2.55 bits per heavy atom. The van der Waals surface area contributed by atoms with Gasteiger partial charge in [-0.1, -0.05) is 52.0 Å². The SMILES string of the molecule is CCC(OC(=O)CO)C(C)C1OC1CC(C)/C=C/C=C(\C)C1OC(=O)CC(O)CCC(C)(O)C(OC(C)=O)/C=C/C1C. The van der Waals surface area contributed by atoms with E-state index >= 15 is 0 Å². The van der Waals surface area contributed by atoms with E-state index in [1.54, 1.807) is 19.1 Å². The highest BCUT2D eigenvalue weighted by Gasteiger charge is 2.46. The Kier molecular flexibility index (Phi) is 13.9. The summed E-state index contributed by atoms with van der Waals surface area (Å²) < 4.78 is 22.4. The number of carbonyl (C=O) groups excluding carboxylic acids is 3. The highest BCUT2D eigenvalue weighted by Crippen LogP contribution is 2.37. The molecule has 0 aromatic heterocycles. The van der Waals surface area contributed by atoms with E-state index in [2.05, 4.69) is 6.92 Å². The number of ether oxygens (including phenoxy) is 4. The monoisotopic (exact) mass is 594 g/mol. The predicted molar refractivity (Wildman–Crippen MR) is 156 cm³/mol. The lowest BCUT2D eigenvalue weighted by Crippen LogP contribution is -2.42. The van der Waals surface area contributed by atoms with Gasteiger partial charge in [-0.05, 0) is 57.1 Å². The number of allylic oxidation sites excluding steroid dienone is 3. The Balaban J connectivity index is 2.09. The molecular formula is C32H50O10. The number of esters is 3. The third-order valence-electron chi connectivity index (χ3n) is 8.01. The van der Waals surface area contributed by atoms with E-state index in [0.29, 0.717) is 6.42 Å². The summed E-state index contributed by atoms with van der Waals surface area (Å²) in [7, 11) is 0. The van der Waals surface area contributed by atoms with Crippen molar-refractivity contribution in [3.05, 3.63) is 36.0 Å². The van der Waals surface area contributed by atoms with Crippen LogP contribution in [0.15, 0.2) is 36.0 Å². The summed E-state index contributed by atoms with van der Waals surface area (Å²) in [6.45, 7) is 11.9. The van der Waals surface area contributed by atoms with Crippen molar-refractivity contribution in [3.63, 3.8) is 0 Å². The number of epoxide rings is 1. The summed E-state index contributed by atoms with van der Waals surface area (Å²) in [5.74, 6) is -1.80. The van der Waals surface area contributed by atoms with Crippen LogP contribution in [0.3, 0.4) is 0 Å². The molecule has 0 amide bonds. The van der Waals surface area contributed by atoms with Gasteiger partial charge in [-0.25, -0.2) is 4.79 Å². The largest absolute Gasteiger partial charge is 0.460 e. The molecule has 0 aromatic carbocycles. The number of hydrogen-bond acceptors (Lipinski definition) is 10. The van der Waals surface area contributed by atoms with Crippen molar-refractivity contribution < 1.29 is 48.7 Å². The molecule has 1 fully saturated rings. The molecule has 10 atom stereocenters. The van der Waals surface area contributed by atoms with E-state index in [0.717, 1.165) is 12.0 Å². The average Bonchev–Trinajstić information content (AvgIpc) is 3.68. The van der Waals surface area contributed by atoms with E-state index < -0.39 is 48.4 Å². The smallest absolute Gasteiger partial charge is 0.332 e. The Morgan fingerprint density at radius 1 is 1.24 bits per heavy atom. The van der Waals surface area contributed by atoms with Crippen LogP contribution in [0, 0.1) is 17.8 Å². The van der Waals surface area contributed by atoms with E-state index in [1.165, 1.54) is 6.92 Å². The van der Waals surface area contributed by atoms with Gasteiger partial charge in [0.05, 0.1) is 24.7 Å². The molecule has 42 heavy (non-hydrogen) atoms. The fourth-order valence-electron chi connectivity index (χ4n) is 5.36. The van der Waals surface area contributed by atoms with E-state index in [1.807, 2.05) is 45.9 Å². The zero-order valence-electron chi connectivity index (χ0n) is 26.0. The summed E-state index contributed by atoms with van der Waals surface area (Å²) in [5.41, 5.74) is -0.633. The third-order valence-corrected chi connectivity index (χ3v) is 8.01. The van der Waals surface area contributed by atoms with Crippen molar-refractivity contribution in [2.24, 2.45) is 17.8 Å². The van der Waals surface area contributed by atoms with Gasteiger partial charge in [0.1, 0.15) is 30.5 Å². The molecule has 10 nitrogen and oxygen atoms in total. The van der Waals surface area contributed by atoms with Gasteiger partial charge in [0, 0.05) is 18.8 Å². The lowest BCUT2D eigenvalue weighted by molar-refractivity contribution is -0.157. The number of aliphatic hydroxyl groups excluding tert-OH is 2. The molecule has 0 radical (unpaired) electrons. The molecule has 2 rings (SSSR count). The lowest BCUT2D eigenvalue weighted by atomic mass is 9.88. The number of carbonyl (C=O) groups is 3. The third kappa shape index (κ3) is 11.3. The van der Waals surface area contributed by atoms with Crippen LogP contribution in [0.2, 0.25) is 0 Å². The van der Waals surface area contributed by atoms with Gasteiger partial charge in [0.25, 0.3) is 0 Å². The molecule has 1 saturated heterocycles. The van der Waals surface area contributed by atoms with Crippen molar-refractivity contribution in [1.29, 1.82) is 0 Å². The maximum atomic E-state index is 12.6. The number of aliphatic hydroxyl groups is 3. The standard InChI is InChI=1S/C32H50O10/c1-8-25(40-29(37)18-33)22(5)31-26(41-31)16-19(2)10-9-11-20(3)30-21(4)12-13-27(39-23(6)34)32(7,38)15-14-24(35)17-28(36)42-30/h9-13,19,21-22,24-27,30-31,33,35,38H,8,14-18H2,1-7H3/b10-9+,13-12+,20-11+. The zero-order chi connectivity index (χ0) is 31.6. The van der Waals surface area contributed by atoms with Crippen LogP contribution in [0.4, 0.5) is 0 Å². The van der Waals surface area contributed by atoms with Crippen molar-refractivity contribution in [2.75, 3.05) is 6.61 Å². The first-order valence-corrected chi connectivity index (χ1v) is 14.9.